The second-order valence-electron chi connectivity index (χ2n) is 4.82. The molecule has 0 aliphatic rings. The summed E-state index contributed by atoms with van der Waals surface area (Å²) < 4.78 is 0. The van der Waals surface area contributed by atoms with Crippen LogP contribution in [0.4, 0.5) is 0 Å². The first kappa shape index (κ1) is 9.25. The average Bonchev–Trinajstić information content (AvgIpc) is 2.45. The van der Waals surface area contributed by atoms with Gasteiger partial charge in [0.05, 0.1) is 0 Å². The van der Waals surface area contributed by atoms with Crippen molar-refractivity contribution in [3.8, 4) is 0 Å². The highest BCUT2D eigenvalue weighted by molar-refractivity contribution is 5.77. The molecule has 2 rings (SSSR count). The third kappa shape index (κ3) is 1.52. The van der Waals surface area contributed by atoms with Gasteiger partial charge in [0.1, 0.15) is 5.65 Å². The SMILES string of the molecule is Cc1ccc2cc(C(C)(C)C)[nH]c2n1. The number of aryl methyl sites for hydroxylation is 1. The molecule has 2 heterocycles. The van der Waals surface area contributed by atoms with Gasteiger partial charge in [0.2, 0.25) is 0 Å². The van der Waals surface area contributed by atoms with Crippen LogP contribution >= 0.6 is 0 Å². The molecular formula is C12H16N2. The molecule has 0 aliphatic heterocycles. The number of pyridine rings is 1. The number of aromatic amines is 1. The van der Waals surface area contributed by atoms with Crippen LogP contribution in [0.1, 0.15) is 32.2 Å². The number of H-pyrrole nitrogens is 1. The Balaban J connectivity index is 2.63. The number of hydrogen-bond acceptors (Lipinski definition) is 1. The third-order valence-electron chi connectivity index (χ3n) is 2.43. The summed E-state index contributed by atoms with van der Waals surface area (Å²) in [6.45, 7) is 8.61. The van der Waals surface area contributed by atoms with Gasteiger partial charge in [-0.25, -0.2) is 4.98 Å². The zero-order chi connectivity index (χ0) is 10.3. The summed E-state index contributed by atoms with van der Waals surface area (Å²) in [4.78, 5) is 7.82. The molecule has 14 heavy (non-hydrogen) atoms. The topological polar surface area (TPSA) is 28.7 Å². The lowest BCUT2D eigenvalue weighted by Crippen LogP contribution is -2.11. The minimum atomic E-state index is 0.161. The Kier molecular flexibility index (Phi) is 1.88. The maximum absolute atomic E-state index is 4.45. The summed E-state index contributed by atoms with van der Waals surface area (Å²) >= 11 is 0. The Morgan fingerprint density at radius 1 is 1.21 bits per heavy atom. The molecule has 2 nitrogen and oxygen atoms in total. The molecule has 0 atom stereocenters. The Labute approximate surface area is 84.4 Å². The van der Waals surface area contributed by atoms with Gasteiger partial charge >= 0.3 is 0 Å². The zero-order valence-electron chi connectivity index (χ0n) is 9.18. The Bertz CT molecular complexity index is 461. The summed E-state index contributed by atoms with van der Waals surface area (Å²) in [5, 5.41) is 1.19. The number of nitrogens with one attached hydrogen (secondary N) is 1. The molecule has 1 N–H and O–H groups in total. The fourth-order valence-corrected chi connectivity index (χ4v) is 1.51. The van der Waals surface area contributed by atoms with Crippen molar-refractivity contribution in [1.82, 2.24) is 9.97 Å². The average molecular weight is 188 g/mol. The van der Waals surface area contributed by atoms with Gasteiger partial charge in [-0.05, 0) is 25.1 Å². The number of rotatable bonds is 0. The lowest BCUT2D eigenvalue weighted by atomic mass is 9.92. The molecule has 0 bridgehead atoms. The molecule has 0 spiro atoms. The van der Waals surface area contributed by atoms with Crippen molar-refractivity contribution in [3.63, 3.8) is 0 Å². The third-order valence-corrected chi connectivity index (χ3v) is 2.43. The van der Waals surface area contributed by atoms with E-state index in [-0.39, 0.29) is 5.41 Å². The van der Waals surface area contributed by atoms with E-state index < -0.39 is 0 Å². The number of aromatic nitrogens is 2. The normalized spacial score (nSPS) is 12.3. The zero-order valence-corrected chi connectivity index (χ0v) is 9.18. The van der Waals surface area contributed by atoms with Crippen LogP contribution in [-0.4, -0.2) is 9.97 Å². The summed E-state index contributed by atoms with van der Waals surface area (Å²) in [5.41, 5.74) is 3.45. The fourth-order valence-electron chi connectivity index (χ4n) is 1.51. The second-order valence-corrected chi connectivity index (χ2v) is 4.82. The lowest BCUT2D eigenvalue weighted by Gasteiger charge is -2.15. The highest BCUT2D eigenvalue weighted by Crippen LogP contribution is 2.24. The number of fused-ring (bicyclic) bond motifs is 1. The van der Waals surface area contributed by atoms with Crippen molar-refractivity contribution in [1.29, 1.82) is 0 Å². The molecule has 2 heteroatoms. The maximum Gasteiger partial charge on any atom is 0.137 e. The first-order valence-electron chi connectivity index (χ1n) is 4.94. The molecule has 2 aromatic heterocycles. The summed E-state index contributed by atoms with van der Waals surface area (Å²) in [6.07, 6.45) is 0. The van der Waals surface area contributed by atoms with Gasteiger partial charge in [-0.3, -0.25) is 0 Å². The fraction of sp³-hybridized carbons (Fsp3) is 0.417. The van der Waals surface area contributed by atoms with Gasteiger partial charge in [0.15, 0.2) is 0 Å². The molecule has 74 valence electrons. The molecule has 0 fully saturated rings. The monoisotopic (exact) mass is 188 g/mol. The van der Waals surface area contributed by atoms with Crippen LogP contribution in [-0.2, 0) is 5.41 Å². The lowest BCUT2D eigenvalue weighted by molar-refractivity contribution is 0.574. The van der Waals surface area contributed by atoms with Crippen molar-refractivity contribution >= 4 is 11.0 Å². The quantitative estimate of drug-likeness (QED) is 0.676. The smallest absolute Gasteiger partial charge is 0.137 e. The molecule has 0 aromatic carbocycles. The van der Waals surface area contributed by atoms with E-state index in [0.29, 0.717) is 0 Å². The molecular weight excluding hydrogens is 172 g/mol. The predicted octanol–water partition coefficient (Wildman–Crippen LogP) is 3.17. The number of hydrogen-bond donors (Lipinski definition) is 1. The largest absolute Gasteiger partial charge is 0.343 e. The molecule has 0 saturated carbocycles. The van der Waals surface area contributed by atoms with Crippen LogP contribution in [0.3, 0.4) is 0 Å². The van der Waals surface area contributed by atoms with E-state index in [1.807, 2.05) is 13.0 Å². The van der Waals surface area contributed by atoms with E-state index in [4.69, 9.17) is 0 Å². The standard InChI is InChI=1S/C12H16N2/c1-8-5-6-9-7-10(12(2,3)4)14-11(9)13-8/h5-7H,1-4H3,(H,13,14). The van der Waals surface area contributed by atoms with Crippen LogP contribution in [0.2, 0.25) is 0 Å². The first-order valence-corrected chi connectivity index (χ1v) is 4.94. The van der Waals surface area contributed by atoms with E-state index in [1.54, 1.807) is 0 Å². The Hall–Kier alpha value is -1.31. The van der Waals surface area contributed by atoms with Gasteiger partial charge in [-0.1, -0.05) is 20.8 Å². The molecule has 0 aliphatic carbocycles. The molecule has 0 radical (unpaired) electrons. The van der Waals surface area contributed by atoms with E-state index >= 15 is 0 Å². The summed E-state index contributed by atoms with van der Waals surface area (Å²) in [7, 11) is 0. The molecule has 0 unspecified atom stereocenters. The van der Waals surface area contributed by atoms with E-state index in [2.05, 4.69) is 42.9 Å². The van der Waals surface area contributed by atoms with Gasteiger partial charge < -0.3 is 4.98 Å². The van der Waals surface area contributed by atoms with Gasteiger partial charge in [-0.2, -0.15) is 0 Å². The highest BCUT2D eigenvalue weighted by Gasteiger charge is 2.16. The minimum Gasteiger partial charge on any atom is -0.343 e. The van der Waals surface area contributed by atoms with Crippen LogP contribution in [0.5, 0.6) is 0 Å². The second kappa shape index (κ2) is 2.84. The first-order chi connectivity index (χ1) is 6.47. The Morgan fingerprint density at radius 2 is 1.93 bits per heavy atom. The van der Waals surface area contributed by atoms with Crippen molar-refractivity contribution in [3.05, 3.63) is 29.6 Å². The minimum absolute atomic E-state index is 0.161. The predicted molar refractivity (Wildman–Crippen MR) is 59.5 cm³/mol. The maximum atomic E-state index is 4.45. The van der Waals surface area contributed by atoms with Gasteiger partial charge in [0, 0.05) is 22.2 Å². The Morgan fingerprint density at radius 3 is 2.57 bits per heavy atom. The van der Waals surface area contributed by atoms with Crippen molar-refractivity contribution in [2.45, 2.75) is 33.1 Å². The summed E-state index contributed by atoms with van der Waals surface area (Å²) in [5.74, 6) is 0. The van der Waals surface area contributed by atoms with Crippen molar-refractivity contribution in [2.24, 2.45) is 0 Å². The van der Waals surface area contributed by atoms with Gasteiger partial charge in [-0.15, -0.1) is 0 Å². The van der Waals surface area contributed by atoms with Crippen LogP contribution in [0, 0.1) is 6.92 Å². The molecule has 0 saturated heterocycles. The number of nitrogens with zero attached hydrogens (tertiary/aromatic N) is 1. The molecule has 2 aromatic rings. The molecule has 0 amide bonds. The van der Waals surface area contributed by atoms with Crippen LogP contribution < -0.4 is 0 Å². The van der Waals surface area contributed by atoms with Crippen LogP contribution in [0.15, 0.2) is 18.2 Å². The highest BCUT2D eigenvalue weighted by atomic mass is 14.9. The van der Waals surface area contributed by atoms with Crippen LogP contribution in [0.25, 0.3) is 11.0 Å². The van der Waals surface area contributed by atoms with Crippen molar-refractivity contribution in [2.75, 3.05) is 0 Å². The summed E-state index contributed by atoms with van der Waals surface area (Å²) in [6, 6.07) is 6.34. The van der Waals surface area contributed by atoms with E-state index in [1.165, 1.54) is 11.1 Å². The van der Waals surface area contributed by atoms with E-state index in [0.717, 1.165) is 11.3 Å². The van der Waals surface area contributed by atoms with E-state index in [9.17, 15) is 0 Å². The van der Waals surface area contributed by atoms with Gasteiger partial charge in [0.25, 0.3) is 0 Å². The van der Waals surface area contributed by atoms with Crippen molar-refractivity contribution < 1.29 is 0 Å².